The Balaban J connectivity index is 1.85. The Bertz CT molecular complexity index is 576. The normalized spacial score (nSPS) is 17.8. The van der Waals surface area contributed by atoms with Crippen LogP contribution in [0.15, 0.2) is 24.3 Å². The molecule has 1 unspecified atom stereocenters. The van der Waals surface area contributed by atoms with Crippen LogP contribution in [0.2, 0.25) is 4.34 Å². The maximum atomic E-state index is 13.1. The van der Waals surface area contributed by atoms with Crippen LogP contribution in [-0.4, -0.2) is 0 Å². The predicted octanol–water partition coefficient (Wildman–Crippen LogP) is 4.78. The Morgan fingerprint density at radius 2 is 1.89 bits per heavy atom. The van der Waals surface area contributed by atoms with Crippen LogP contribution >= 0.6 is 22.9 Å². The zero-order valence-corrected chi connectivity index (χ0v) is 10.9. The molecule has 0 saturated carbocycles. The van der Waals surface area contributed by atoms with Crippen LogP contribution in [0, 0.1) is 11.6 Å². The second kappa shape index (κ2) is 4.52. The van der Waals surface area contributed by atoms with E-state index in [4.69, 9.17) is 11.6 Å². The van der Waals surface area contributed by atoms with Gasteiger partial charge in [-0.1, -0.05) is 11.6 Å². The summed E-state index contributed by atoms with van der Waals surface area (Å²) >= 11 is 7.54. The SMILES string of the molecule is Fc1cc(F)cc(NC2CCc3sc(Cl)cc32)c1. The van der Waals surface area contributed by atoms with Crippen molar-refractivity contribution in [3.63, 3.8) is 0 Å². The van der Waals surface area contributed by atoms with E-state index >= 15 is 0 Å². The molecular weight excluding hydrogens is 276 g/mol. The van der Waals surface area contributed by atoms with Gasteiger partial charge in [0, 0.05) is 16.6 Å². The van der Waals surface area contributed by atoms with E-state index < -0.39 is 11.6 Å². The van der Waals surface area contributed by atoms with Crippen molar-refractivity contribution in [3.05, 3.63) is 50.7 Å². The summed E-state index contributed by atoms with van der Waals surface area (Å²) in [4.78, 5) is 1.26. The number of hydrogen-bond acceptors (Lipinski definition) is 2. The van der Waals surface area contributed by atoms with Gasteiger partial charge in [-0.05, 0) is 36.6 Å². The van der Waals surface area contributed by atoms with E-state index in [9.17, 15) is 8.78 Å². The van der Waals surface area contributed by atoms with Gasteiger partial charge in [0.1, 0.15) is 11.6 Å². The molecular formula is C13H10ClF2NS. The molecule has 0 bridgehead atoms. The number of aryl methyl sites for hydroxylation is 1. The van der Waals surface area contributed by atoms with Crippen molar-refractivity contribution in [2.75, 3.05) is 5.32 Å². The van der Waals surface area contributed by atoms with Gasteiger partial charge >= 0.3 is 0 Å². The van der Waals surface area contributed by atoms with E-state index in [1.165, 1.54) is 17.0 Å². The fourth-order valence-electron chi connectivity index (χ4n) is 2.32. The first-order valence-corrected chi connectivity index (χ1v) is 6.82. The topological polar surface area (TPSA) is 12.0 Å². The van der Waals surface area contributed by atoms with E-state index in [-0.39, 0.29) is 6.04 Å². The molecule has 1 N–H and O–H groups in total. The number of hydrogen-bond donors (Lipinski definition) is 1. The highest BCUT2D eigenvalue weighted by atomic mass is 35.5. The molecule has 1 aromatic carbocycles. The van der Waals surface area contributed by atoms with Gasteiger partial charge in [-0.3, -0.25) is 0 Å². The zero-order valence-electron chi connectivity index (χ0n) is 9.34. The van der Waals surface area contributed by atoms with E-state index in [1.54, 1.807) is 11.3 Å². The molecule has 1 nitrogen and oxygen atoms in total. The first kappa shape index (κ1) is 11.9. The summed E-state index contributed by atoms with van der Waals surface area (Å²) in [6.07, 6.45) is 1.89. The van der Waals surface area contributed by atoms with Crippen molar-refractivity contribution in [3.8, 4) is 0 Å². The highest BCUT2D eigenvalue weighted by molar-refractivity contribution is 7.16. The van der Waals surface area contributed by atoms with Crippen molar-refractivity contribution in [1.82, 2.24) is 0 Å². The maximum absolute atomic E-state index is 13.1. The minimum atomic E-state index is -0.570. The molecule has 1 heterocycles. The Hall–Kier alpha value is -1.13. The first-order valence-electron chi connectivity index (χ1n) is 5.62. The van der Waals surface area contributed by atoms with E-state index in [2.05, 4.69) is 5.32 Å². The van der Waals surface area contributed by atoms with Crippen molar-refractivity contribution < 1.29 is 8.78 Å². The summed E-state index contributed by atoms with van der Waals surface area (Å²) in [5, 5.41) is 3.16. The summed E-state index contributed by atoms with van der Waals surface area (Å²) < 4.78 is 27.0. The van der Waals surface area contributed by atoms with Gasteiger partial charge in [-0.15, -0.1) is 11.3 Å². The van der Waals surface area contributed by atoms with Crippen LogP contribution < -0.4 is 5.32 Å². The molecule has 0 spiro atoms. The number of benzene rings is 1. The molecule has 2 aromatic rings. The second-order valence-corrected chi connectivity index (χ2v) is 6.09. The fraction of sp³-hybridized carbons (Fsp3) is 0.231. The molecule has 0 saturated heterocycles. The summed E-state index contributed by atoms with van der Waals surface area (Å²) in [7, 11) is 0. The second-order valence-electron chi connectivity index (χ2n) is 4.32. The van der Waals surface area contributed by atoms with Gasteiger partial charge in [-0.2, -0.15) is 0 Å². The third-order valence-electron chi connectivity index (χ3n) is 3.05. The number of halogens is 3. The molecule has 1 aromatic heterocycles. The molecule has 1 aliphatic carbocycles. The third kappa shape index (κ3) is 2.22. The van der Waals surface area contributed by atoms with Gasteiger partial charge in [0.2, 0.25) is 0 Å². The number of nitrogens with one attached hydrogen (secondary N) is 1. The van der Waals surface area contributed by atoms with Gasteiger partial charge < -0.3 is 5.32 Å². The quantitative estimate of drug-likeness (QED) is 0.837. The lowest BCUT2D eigenvalue weighted by atomic mass is 10.1. The smallest absolute Gasteiger partial charge is 0.128 e. The number of thiophene rings is 1. The van der Waals surface area contributed by atoms with Crippen LogP contribution in [0.4, 0.5) is 14.5 Å². The highest BCUT2D eigenvalue weighted by Crippen LogP contribution is 2.40. The molecule has 0 aliphatic heterocycles. The minimum Gasteiger partial charge on any atom is -0.378 e. The van der Waals surface area contributed by atoms with Gasteiger partial charge in [0.05, 0.1) is 10.4 Å². The molecule has 0 amide bonds. The highest BCUT2D eigenvalue weighted by Gasteiger charge is 2.25. The number of fused-ring (bicyclic) bond motifs is 1. The molecule has 0 fully saturated rings. The van der Waals surface area contributed by atoms with Crippen LogP contribution in [0.5, 0.6) is 0 Å². The Morgan fingerprint density at radius 1 is 1.17 bits per heavy atom. The van der Waals surface area contributed by atoms with Crippen LogP contribution in [0.3, 0.4) is 0 Å². The van der Waals surface area contributed by atoms with Crippen molar-refractivity contribution in [1.29, 1.82) is 0 Å². The standard InChI is InChI=1S/C13H10ClF2NS/c14-13-6-10-11(1-2-12(10)18-13)17-9-4-7(15)3-8(16)5-9/h3-6,11,17H,1-2H2. The fourth-order valence-corrected chi connectivity index (χ4v) is 3.68. The van der Waals surface area contributed by atoms with Crippen LogP contribution in [-0.2, 0) is 6.42 Å². The summed E-state index contributed by atoms with van der Waals surface area (Å²) in [6.45, 7) is 0. The largest absolute Gasteiger partial charge is 0.378 e. The van der Waals surface area contributed by atoms with E-state index in [0.717, 1.165) is 28.8 Å². The van der Waals surface area contributed by atoms with Gasteiger partial charge in [0.15, 0.2) is 0 Å². The first-order chi connectivity index (χ1) is 8.61. The molecule has 1 aliphatic rings. The average molecular weight is 286 g/mol. The lowest BCUT2D eigenvalue weighted by molar-refractivity contribution is 0.583. The molecule has 5 heteroatoms. The van der Waals surface area contributed by atoms with Crippen LogP contribution in [0.1, 0.15) is 22.9 Å². The summed E-state index contributed by atoms with van der Waals surface area (Å²) in [6, 6.07) is 5.49. The molecule has 94 valence electrons. The summed E-state index contributed by atoms with van der Waals surface area (Å²) in [5.41, 5.74) is 1.61. The Morgan fingerprint density at radius 3 is 2.61 bits per heavy atom. The lowest BCUT2D eigenvalue weighted by Crippen LogP contribution is -2.07. The van der Waals surface area contributed by atoms with Crippen molar-refractivity contribution in [2.45, 2.75) is 18.9 Å². The minimum absolute atomic E-state index is 0.0879. The van der Waals surface area contributed by atoms with Crippen molar-refractivity contribution >= 4 is 28.6 Å². The number of anilines is 1. The molecule has 3 rings (SSSR count). The molecule has 18 heavy (non-hydrogen) atoms. The van der Waals surface area contributed by atoms with Crippen molar-refractivity contribution in [2.24, 2.45) is 0 Å². The lowest BCUT2D eigenvalue weighted by Gasteiger charge is -2.14. The van der Waals surface area contributed by atoms with Gasteiger partial charge in [0.25, 0.3) is 0 Å². The van der Waals surface area contributed by atoms with E-state index in [1.807, 2.05) is 6.07 Å². The van der Waals surface area contributed by atoms with Gasteiger partial charge in [-0.25, -0.2) is 8.78 Å². The maximum Gasteiger partial charge on any atom is 0.128 e. The van der Waals surface area contributed by atoms with Crippen LogP contribution in [0.25, 0.3) is 0 Å². The monoisotopic (exact) mass is 285 g/mol. The molecule has 1 atom stereocenters. The third-order valence-corrected chi connectivity index (χ3v) is 4.39. The number of rotatable bonds is 2. The predicted molar refractivity (Wildman–Crippen MR) is 70.4 cm³/mol. The molecule has 0 radical (unpaired) electrons. The Kier molecular flexibility index (Phi) is 2.99. The zero-order chi connectivity index (χ0) is 12.7. The summed E-state index contributed by atoms with van der Waals surface area (Å²) in [5.74, 6) is -1.14. The average Bonchev–Trinajstić information content (AvgIpc) is 2.78. The van der Waals surface area contributed by atoms with E-state index in [0.29, 0.717) is 5.69 Å². The Labute approximate surface area is 112 Å².